The standard InChI is InChI=1S/C26H33N5O/c1-21-25(22(2)31(28-21)20-24-12-7-4-8-13-24)18-27-26(32)30-15-9-14-29(16-17-30)19-23-10-5-3-6-11-23/h3-8,10-13H,9,14-20H2,1-2H3,(H,27,32). The van der Waals surface area contributed by atoms with Gasteiger partial charge < -0.3 is 10.2 Å². The molecule has 4 rings (SSSR count). The lowest BCUT2D eigenvalue weighted by Gasteiger charge is -2.22. The summed E-state index contributed by atoms with van der Waals surface area (Å²) in [4.78, 5) is 17.3. The second-order valence-electron chi connectivity index (χ2n) is 8.55. The lowest BCUT2D eigenvalue weighted by molar-refractivity contribution is 0.197. The fourth-order valence-electron chi connectivity index (χ4n) is 4.35. The lowest BCUT2D eigenvalue weighted by Crippen LogP contribution is -2.41. The number of nitrogens with one attached hydrogen (secondary N) is 1. The van der Waals surface area contributed by atoms with Crippen molar-refractivity contribution in [3.63, 3.8) is 0 Å². The summed E-state index contributed by atoms with van der Waals surface area (Å²) in [6.45, 7) is 9.75. The molecular weight excluding hydrogens is 398 g/mol. The van der Waals surface area contributed by atoms with E-state index in [2.05, 4.69) is 53.5 Å². The van der Waals surface area contributed by atoms with Gasteiger partial charge in [0, 0.05) is 50.5 Å². The Morgan fingerprint density at radius 3 is 2.22 bits per heavy atom. The van der Waals surface area contributed by atoms with Crippen molar-refractivity contribution in [3.8, 4) is 0 Å². The van der Waals surface area contributed by atoms with Crippen molar-refractivity contribution in [2.24, 2.45) is 0 Å². The number of amides is 2. The number of hydrogen-bond acceptors (Lipinski definition) is 3. The van der Waals surface area contributed by atoms with Gasteiger partial charge in [0.15, 0.2) is 0 Å². The van der Waals surface area contributed by atoms with Crippen LogP contribution < -0.4 is 5.32 Å². The molecule has 3 aromatic rings. The van der Waals surface area contributed by atoms with E-state index in [4.69, 9.17) is 5.10 Å². The minimum absolute atomic E-state index is 0.0150. The van der Waals surface area contributed by atoms with Gasteiger partial charge in [-0.2, -0.15) is 5.10 Å². The van der Waals surface area contributed by atoms with Crippen molar-refractivity contribution in [2.75, 3.05) is 26.2 Å². The quantitative estimate of drug-likeness (QED) is 0.643. The van der Waals surface area contributed by atoms with Gasteiger partial charge in [-0.15, -0.1) is 0 Å². The van der Waals surface area contributed by atoms with Gasteiger partial charge in [0.25, 0.3) is 0 Å². The topological polar surface area (TPSA) is 53.4 Å². The van der Waals surface area contributed by atoms with Gasteiger partial charge in [-0.05, 0) is 31.4 Å². The molecule has 6 heteroatoms. The van der Waals surface area contributed by atoms with E-state index in [1.165, 1.54) is 11.1 Å². The zero-order valence-corrected chi connectivity index (χ0v) is 19.1. The Morgan fingerprint density at radius 2 is 1.53 bits per heavy atom. The molecule has 0 atom stereocenters. The van der Waals surface area contributed by atoms with Gasteiger partial charge in [-0.25, -0.2) is 4.79 Å². The van der Waals surface area contributed by atoms with Crippen molar-refractivity contribution < 1.29 is 4.79 Å². The molecular formula is C26H33N5O. The van der Waals surface area contributed by atoms with E-state index in [9.17, 15) is 4.79 Å². The van der Waals surface area contributed by atoms with Crippen molar-refractivity contribution >= 4 is 6.03 Å². The van der Waals surface area contributed by atoms with Gasteiger partial charge in [0.2, 0.25) is 0 Å². The number of rotatable bonds is 6. The molecule has 0 bridgehead atoms. The highest BCUT2D eigenvalue weighted by molar-refractivity contribution is 5.74. The fourth-order valence-corrected chi connectivity index (χ4v) is 4.35. The van der Waals surface area contributed by atoms with E-state index in [0.29, 0.717) is 6.54 Å². The van der Waals surface area contributed by atoms with Crippen LogP contribution in [-0.4, -0.2) is 51.8 Å². The number of carbonyl (C=O) groups is 1. The summed E-state index contributed by atoms with van der Waals surface area (Å²) in [6, 6.07) is 20.9. The molecule has 1 fully saturated rings. The lowest BCUT2D eigenvalue weighted by atomic mass is 10.2. The van der Waals surface area contributed by atoms with Crippen LogP contribution in [0.1, 0.15) is 34.5 Å². The van der Waals surface area contributed by atoms with Crippen molar-refractivity contribution in [3.05, 3.63) is 88.7 Å². The molecule has 1 N–H and O–H groups in total. The second kappa shape index (κ2) is 10.5. The molecule has 32 heavy (non-hydrogen) atoms. The molecule has 6 nitrogen and oxygen atoms in total. The normalized spacial score (nSPS) is 14.9. The number of hydrogen-bond donors (Lipinski definition) is 1. The van der Waals surface area contributed by atoms with Crippen LogP contribution in [0.4, 0.5) is 4.79 Å². The average Bonchev–Trinajstić information content (AvgIpc) is 2.96. The molecule has 2 aromatic carbocycles. The van der Waals surface area contributed by atoms with Crippen molar-refractivity contribution in [1.82, 2.24) is 24.9 Å². The van der Waals surface area contributed by atoms with Crippen LogP contribution in [0.2, 0.25) is 0 Å². The summed E-state index contributed by atoms with van der Waals surface area (Å²) < 4.78 is 2.03. The van der Waals surface area contributed by atoms with Crippen LogP contribution in [0.25, 0.3) is 0 Å². The van der Waals surface area contributed by atoms with E-state index in [0.717, 1.165) is 62.6 Å². The maximum atomic E-state index is 12.9. The number of aromatic nitrogens is 2. The van der Waals surface area contributed by atoms with Crippen LogP contribution >= 0.6 is 0 Å². The van der Waals surface area contributed by atoms with Crippen LogP contribution in [-0.2, 0) is 19.6 Å². The van der Waals surface area contributed by atoms with Crippen LogP contribution in [0.15, 0.2) is 60.7 Å². The highest BCUT2D eigenvalue weighted by Crippen LogP contribution is 2.15. The molecule has 0 spiro atoms. The number of carbonyl (C=O) groups excluding carboxylic acids is 1. The Hall–Kier alpha value is -3.12. The first kappa shape index (κ1) is 22.1. The molecule has 2 heterocycles. The first-order valence-electron chi connectivity index (χ1n) is 11.5. The Balaban J connectivity index is 1.31. The van der Waals surface area contributed by atoms with Gasteiger partial charge in [-0.3, -0.25) is 9.58 Å². The van der Waals surface area contributed by atoms with Crippen molar-refractivity contribution in [1.29, 1.82) is 0 Å². The average molecular weight is 432 g/mol. The summed E-state index contributed by atoms with van der Waals surface area (Å²) in [5.41, 5.74) is 5.73. The van der Waals surface area contributed by atoms with E-state index < -0.39 is 0 Å². The molecule has 0 aliphatic carbocycles. The Labute approximate surface area is 190 Å². The largest absolute Gasteiger partial charge is 0.334 e. The number of urea groups is 1. The van der Waals surface area contributed by atoms with Crippen LogP contribution in [0.5, 0.6) is 0 Å². The molecule has 168 valence electrons. The molecule has 0 unspecified atom stereocenters. The van der Waals surface area contributed by atoms with Crippen LogP contribution in [0, 0.1) is 13.8 Å². The Bertz CT molecular complexity index is 1020. The van der Waals surface area contributed by atoms with Gasteiger partial charge in [0.1, 0.15) is 0 Å². The maximum Gasteiger partial charge on any atom is 0.317 e. The minimum Gasteiger partial charge on any atom is -0.334 e. The first-order valence-corrected chi connectivity index (χ1v) is 11.5. The summed E-state index contributed by atoms with van der Waals surface area (Å²) in [5.74, 6) is 0. The third-order valence-electron chi connectivity index (χ3n) is 6.25. The number of nitrogens with zero attached hydrogens (tertiary/aromatic N) is 4. The zero-order valence-electron chi connectivity index (χ0n) is 19.1. The minimum atomic E-state index is 0.0150. The van der Waals surface area contributed by atoms with Gasteiger partial charge >= 0.3 is 6.03 Å². The van der Waals surface area contributed by atoms with Crippen LogP contribution in [0.3, 0.4) is 0 Å². The van der Waals surface area contributed by atoms with Crippen molar-refractivity contribution in [2.45, 2.75) is 39.9 Å². The third kappa shape index (κ3) is 5.56. The molecule has 1 saturated heterocycles. The summed E-state index contributed by atoms with van der Waals surface area (Å²) in [6.07, 6.45) is 0.993. The SMILES string of the molecule is Cc1nn(Cc2ccccc2)c(C)c1CNC(=O)N1CCCN(Cc2ccccc2)CC1. The predicted molar refractivity (Wildman–Crippen MR) is 127 cm³/mol. The monoisotopic (exact) mass is 431 g/mol. The highest BCUT2D eigenvalue weighted by atomic mass is 16.2. The first-order chi connectivity index (χ1) is 15.6. The van der Waals surface area contributed by atoms with Gasteiger partial charge in [-0.1, -0.05) is 60.7 Å². The summed E-state index contributed by atoms with van der Waals surface area (Å²) in [7, 11) is 0. The second-order valence-corrected chi connectivity index (χ2v) is 8.55. The highest BCUT2D eigenvalue weighted by Gasteiger charge is 2.20. The fraction of sp³-hybridized carbons (Fsp3) is 0.385. The summed E-state index contributed by atoms with van der Waals surface area (Å²) in [5, 5.41) is 7.84. The van der Waals surface area contributed by atoms with E-state index in [1.54, 1.807) is 0 Å². The smallest absolute Gasteiger partial charge is 0.317 e. The van der Waals surface area contributed by atoms with E-state index in [1.807, 2.05) is 40.8 Å². The number of benzene rings is 2. The molecule has 0 radical (unpaired) electrons. The molecule has 1 aliphatic rings. The summed E-state index contributed by atoms with van der Waals surface area (Å²) >= 11 is 0. The zero-order chi connectivity index (χ0) is 22.3. The van der Waals surface area contributed by atoms with Gasteiger partial charge in [0.05, 0.1) is 12.2 Å². The number of aryl methyl sites for hydroxylation is 1. The molecule has 2 amide bonds. The Kier molecular flexibility index (Phi) is 7.22. The molecule has 1 aromatic heterocycles. The molecule has 0 saturated carbocycles. The molecule has 1 aliphatic heterocycles. The maximum absolute atomic E-state index is 12.9. The van der Waals surface area contributed by atoms with E-state index in [-0.39, 0.29) is 6.03 Å². The predicted octanol–water partition coefficient (Wildman–Crippen LogP) is 3.97. The third-order valence-corrected chi connectivity index (χ3v) is 6.25. The Morgan fingerprint density at radius 1 is 0.875 bits per heavy atom. The van der Waals surface area contributed by atoms with E-state index >= 15 is 0 Å².